The Morgan fingerprint density at radius 1 is 1.50 bits per heavy atom. The number of methoxy groups -OCH3 is 1. The summed E-state index contributed by atoms with van der Waals surface area (Å²) in [5.74, 6) is 0.561. The minimum Gasteiger partial charge on any atom is -0.481 e. The van der Waals surface area contributed by atoms with Crippen LogP contribution in [0.2, 0.25) is 0 Å². The van der Waals surface area contributed by atoms with Gasteiger partial charge in [-0.15, -0.1) is 0 Å². The van der Waals surface area contributed by atoms with Crippen molar-refractivity contribution in [1.82, 2.24) is 19.3 Å². The van der Waals surface area contributed by atoms with Gasteiger partial charge in [-0.25, -0.2) is 9.67 Å². The summed E-state index contributed by atoms with van der Waals surface area (Å²) in [7, 11) is 3.35. The van der Waals surface area contributed by atoms with E-state index in [1.165, 1.54) is 0 Å². The van der Waals surface area contributed by atoms with Gasteiger partial charge in [-0.3, -0.25) is 0 Å². The lowest BCUT2D eigenvalue weighted by Crippen LogP contribution is -2.04. The average molecular weight is 250 g/mol. The molecule has 1 unspecified atom stereocenters. The van der Waals surface area contributed by atoms with Gasteiger partial charge in [-0.2, -0.15) is 5.10 Å². The number of hydrogen-bond acceptors (Lipinski definition) is 4. The zero-order chi connectivity index (χ0) is 13.3. The lowest BCUT2D eigenvalue weighted by Gasteiger charge is -2.09. The van der Waals surface area contributed by atoms with Crippen LogP contribution < -0.4 is 4.74 Å². The fourth-order valence-corrected chi connectivity index (χ4v) is 2.05. The predicted octanol–water partition coefficient (Wildman–Crippen LogP) is 1.04. The van der Waals surface area contributed by atoms with E-state index in [2.05, 4.69) is 10.1 Å². The normalized spacial score (nSPS) is 12.7. The fraction of sp³-hybridized carbons (Fsp3) is 0.500. The summed E-state index contributed by atoms with van der Waals surface area (Å²) in [5, 5.41) is 14.7. The Labute approximate surface area is 106 Å². The van der Waals surface area contributed by atoms with E-state index in [0.717, 1.165) is 12.2 Å². The van der Waals surface area contributed by atoms with Crippen molar-refractivity contribution in [2.75, 3.05) is 7.11 Å². The first-order chi connectivity index (χ1) is 8.58. The van der Waals surface area contributed by atoms with Gasteiger partial charge >= 0.3 is 0 Å². The second kappa shape index (κ2) is 4.81. The molecule has 0 aliphatic rings. The van der Waals surface area contributed by atoms with Gasteiger partial charge < -0.3 is 14.4 Å². The van der Waals surface area contributed by atoms with Crippen LogP contribution >= 0.6 is 0 Å². The summed E-state index contributed by atoms with van der Waals surface area (Å²) in [6.45, 7) is 4.69. The van der Waals surface area contributed by atoms with Gasteiger partial charge in [-0.05, 0) is 13.8 Å². The fourth-order valence-electron chi connectivity index (χ4n) is 2.05. The third-order valence-electron chi connectivity index (χ3n) is 2.98. The van der Waals surface area contributed by atoms with E-state index in [0.29, 0.717) is 17.1 Å². The first-order valence-electron chi connectivity index (χ1n) is 5.85. The molecule has 6 heteroatoms. The van der Waals surface area contributed by atoms with Crippen LogP contribution in [0, 0.1) is 6.92 Å². The molecule has 0 aliphatic carbocycles. The maximum atomic E-state index is 10.4. The summed E-state index contributed by atoms with van der Waals surface area (Å²) in [6.07, 6.45) is 2.72. The van der Waals surface area contributed by atoms with Gasteiger partial charge in [0.2, 0.25) is 5.88 Å². The van der Waals surface area contributed by atoms with E-state index >= 15 is 0 Å². The van der Waals surface area contributed by atoms with Gasteiger partial charge in [0.15, 0.2) is 0 Å². The van der Waals surface area contributed by atoms with Crippen molar-refractivity contribution in [3.8, 4) is 5.88 Å². The van der Waals surface area contributed by atoms with Crippen LogP contribution in [0.25, 0.3) is 0 Å². The molecule has 6 nitrogen and oxygen atoms in total. The van der Waals surface area contributed by atoms with Crippen LogP contribution in [0.3, 0.4) is 0 Å². The molecule has 0 aromatic carbocycles. The van der Waals surface area contributed by atoms with Crippen LogP contribution in [0.1, 0.15) is 30.0 Å². The van der Waals surface area contributed by atoms with Crippen LogP contribution in [-0.2, 0) is 13.6 Å². The number of hydrogen-bond donors (Lipinski definition) is 1. The first-order valence-corrected chi connectivity index (χ1v) is 5.85. The molecule has 18 heavy (non-hydrogen) atoms. The van der Waals surface area contributed by atoms with E-state index in [4.69, 9.17) is 4.74 Å². The molecule has 2 aromatic heterocycles. The number of aliphatic hydroxyl groups excluding tert-OH is 1. The SMILES string of the molecule is CCn1cnc(C(O)c2c(C)nn(C)c2OC)c1. The molecule has 0 saturated carbocycles. The number of aryl methyl sites for hydroxylation is 3. The minimum atomic E-state index is -0.818. The Kier molecular flexibility index (Phi) is 3.38. The smallest absolute Gasteiger partial charge is 0.217 e. The Balaban J connectivity index is 2.41. The van der Waals surface area contributed by atoms with Crippen molar-refractivity contribution < 1.29 is 9.84 Å². The van der Waals surface area contributed by atoms with E-state index < -0.39 is 6.10 Å². The Hall–Kier alpha value is -1.82. The van der Waals surface area contributed by atoms with Gasteiger partial charge in [0.1, 0.15) is 6.10 Å². The van der Waals surface area contributed by atoms with E-state index in [1.807, 2.05) is 24.6 Å². The number of rotatable bonds is 4. The monoisotopic (exact) mass is 250 g/mol. The number of imidazole rings is 1. The van der Waals surface area contributed by atoms with E-state index in [-0.39, 0.29) is 0 Å². The van der Waals surface area contributed by atoms with Crippen molar-refractivity contribution in [3.05, 3.63) is 29.5 Å². The predicted molar refractivity (Wildman–Crippen MR) is 66.5 cm³/mol. The lowest BCUT2D eigenvalue weighted by atomic mass is 10.1. The van der Waals surface area contributed by atoms with Crippen molar-refractivity contribution in [3.63, 3.8) is 0 Å². The van der Waals surface area contributed by atoms with Gasteiger partial charge in [0.25, 0.3) is 0 Å². The number of ether oxygens (including phenoxy) is 1. The molecule has 0 fully saturated rings. The molecule has 0 radical (unpaired) electrons. The van der Waals surface area contributed by atoms with Crippen LogP contribution in [-0.4, -0.2) is 31.5 Å². The highest BCUT2D eigenvalue weighted by atomic mass is 16.5. The number of aliphatic hydroxyl groups is 1. The molecule has 0 amide bonds. The standard InChI is InChI=1S/C12H18N4O2/c1-5-16-6-9(13-7-16)11(17)10-8(2)14-15(3)12(10)18-4/h6-7,11,17H,5H2,1-4H3. The Bertz CT molecular complexity index is 544. The third-order valence-corrected chi connectivity index (χ3v) is 2.98. The highest BCUT2D eigenvalue weighted by molar-refractivity contribution is 5.37. The molecule has 0 spiro atoms. The third kappa shape index (κ3) is 1.99. The van der Waals surface area contributed by atoms with E-state index in [1.54, 1.807) is 25.2 Å². The lowest BCUT2D eigenvalue weighted by molar-refractivity contribution is 0.208. The summed E-state index contributed by atoms with van der Waals surface area (Å²) in [4.78, 5) is 4.21. The largest absolute Gasteiger partial charge is 0.481 e. The number of aromatic nitrogens is 4. The first kappa shape index (κ1) is 12.6. The highest BCUT2D eigenvalue weighted by Crippen LogP contribution is 2.31. The van der Waals surface area contributed by atoms with Gasteiger partial charge in [0, 0.05) is 19.8 Å². The molecule has 2 heterocycles. The van der Waals surface area contributed by atoms with Gasteiger partial charge in [-0.1, -0.05) is 0 Å². The zero-order valence-corrected chi connectivity index (χ0v) is 11.1. The van der Waals surface area contributed by atoms with Gasteiger partial charge in [0.05, 0.1) is 30.4 Å². The Morgan fingerprint density at radius 2 is 2.22 bits per heavy atom. The van der Waals surface area contributed by atoms with Crippen molar-refractivity contribution in [1.29, 1.82) is 0 Å². The average Bonchev–Trinajstić information content (AvgIpc) is 2.92. The summed E-state index contributed by atoms with van der Waals surface area (Å²) in [6, 6.07) is 0. The molecule has 0 saturated heterocycles. The highest BCUT2D eigenvalue weighted by Gasteiger charge is 2.24. The maximum absolute atomic E-state index is 10.4. The van der Waals surface area contributed by atoms with E-state index in [9.17, 15) is 5.11 Å². The molecule has 1 atom stereocenters. The second-order valence-electron chi connectivity index (χ2n) is 4.16. The van der Waals surface area contributed by atoms with Crippen molar-refractivity contribution >= 4 is 0 Å². The molecule has 0 aliphatic heterocycles. The Morgan fingerprint density at radius 3 is 2.78 bits per heavy atom. The van der Waals surface area contributed by atoms with Crippen molar-refractivity contribution in [2.24, 2.45) is 7.05 Å². The topological polar surface area (TPSA) is 65.1 Å². The zero-order valence-electron chi connectivity index (χ0n) is 11.1. The summed E-state index contributed by atoms with van der Waals surface area (Å²) < 4.78 is 8.81. The summed E-state index contributed by atoms with van der Waals surface area (Å²) >= 11 is 0. The van der Waals surface area contributed by atoms with Crippen molar-refractivity contribution in [2.45, 2.75) is 26.5 Å². The number of nitrogens with zero attached hydrogens (tertiary/aromatic N) is 4. The molecule has 2 rings (SSSR count). The van der Waals surface area contributed by atoms with Crippen LogP contribution in [0.15, 0.2) is 12.5 Å². The molecule has 0 bridgehead atoms. The van der Waals surface area contributed by atoms with Crippen LogP contribution in [0.5, 0.6) is 5.88 Å². The molecule has 98 valence electrons. The molecular formula is C12H18N4O2. The maximum Gasteiger partial charge on any atom is 0.217 e. The summed E-state index contributed by atoms with van der Waals surface area (Å²) in [5.41, 5.74) is 2.01. The molecule has 1 N–H and O–H groups in total. The quantitative estimate of drug-likeness (QED) is 0.880. The molecule has 2 aromatic rings. The minimum absolute atomic E-state index is 0.561. The molecular weight excluding hydrogens is 232 g/mol. The second-order valence-corrected chi connectivity index (χ2v) is 4.16. The van der Waals surface area contributed by atoms with Crippen LogP contribution in [0.4, 0.5) is 0 Å².